The van der Waals surface area contributed by atoms with Gasteiger partial charge in [0.05, 0.1) is 0 Å². The number of hydrogen-bond acceptors (Lipinski definition) is 1. The van der Waals surface area contributed by atoms with Gasteiger partial charge in [0.1, 0.15) is 0 Å². The van der Waals surface area contributed by atoms with E-state index < -0.39 is 0 Å². The third kappa shape index (κ3) is 3.09. The molecule has 3 aromatic carbocycles. The molecule has 1 nitrogen and oxygen atoms in total. The first kappa shape index (κ1) is 15.2. The fourth-order valence-corrected chi connectivity index (χ4v) is 3.04. The van der Waals surface area contributed by atoms with Crippen LogP contribution in [0.2, 0.25) is 0 Å². The van der Waals surface area contributed by atoms with Crippen LogP contribution in [0.15, 0.2) is 66.7 Å². The molecule has 3 aromatic rings. The van der Waals surface area contributed by atoms with Gasteiger partial charge in [-0.15, -0.1) is 0 Å². The summed E-state index contributed by atoms with van der Waals surface area (Å²) in [7, 11) is 0. The number of aryl methyl sites for hydroxylation is 2. The van der Waals surface area contributed by atoms with Crippen molar-refractivity contribution in [3.63, 3.8) is 0 Å². The van der Waals surface area contributed by atoms with Gasteiger partial charge in [-0.05, 0) is 43.0 Å². The summed E-state index contributed by atoms with van der Waals surface area (Å²) in [6.07, 6.45) is 0. The average Bonchev–Trinajstić information content (AvgIpc) is 2.54. The molecule has 0 spiro atoms. The molecule has 0 atom stereocenters. The van der Waals surface area contributed by atoms with Gasteiger partial charge >= 0.3 is 0 Å². The Kier molecular flexibility index (Phi) is 4.12. The maximum absolute atomic E-state index is 12.4. The molecule has 23 heavy (non-hydrogen) atoms. The smallest absolute Gasteiger partial charge is 0.161 e. The normalized spacial score (nSPS) is 10.6. The molecule has 0 saturated heterocycles. The van der Waals surface area contributed by atoms with Crippen LogP contribution in [-0.4, -0.2) is 5.78 Å². The van der Waals surface area contributed by atoms with E-state index in [9.17, 15) is 4.79 Å². The minimum atomic E-state index is 0.0959. The molecule has 0 aliphatic heterocycles. The van der Waals surface area contributed by atoms with Crippen molar-refractivity contribution in [1.82, 2.24) is 0 Å². The van der Waals surface area contributed by atoms with Crippen molar-refractivity contribution in [2.75, 3.05) is 0 Å². The molecule has 0 radical (unpaired) electrons. The molecule has 114 valence electrons. The molecule has 0 aromatic heterocycles. The molecule has 0 saturated carbocycles. The zero-order valence-corrected chi connectivity index (χ0v) is 13.8. The molecular weight excluding hydrogens is 280 g/mol. The molecule has 3 rings (SSSR count). The summed E-state index contributed by atoms with van der Waals surface area (Å²) in [5.41, 5.74) is 7.36. The SMILES string of the molecule is CC(=O)c1c(-c2cccc(C)c2)cccc1-c1cccc(C)c1. The van der Waals surface area contributed by atoms with Gasteiger partial charge in [0.25, 0.3) is 0 Å². The van der Waals surface area contributed by atoms with Crippen molar-refractivity contribution in [2.24, 2.45) is 0 Å². The van der Waals surface area contributed by atoms with E-state index in [0.29, 0.717) is 0 Å². The van der Waals surface area contributed by atoms with E-state index in [-0.39, 0.29) is 5.78 Å². The average molecular weight is 300 g/mol. The lowest BCUT2D eigenvalue weighted by molar-refractivity contribution is 0.101. The van der Waals surface area contributed by atoms with Gasteiger partial charge in [-0.1, -0.05) is 77.9 Å². The molecule has 0 N–H and O–H groups in total. The Labute approximate surface area is 137 Å². The summed E-state index contributed by atoms with van der Waals surface area (Å²) in [6, 6.07) is 22.7. The summed E-state index contributed by atoms with van der Waals surface area (Å²) in [5, 5.41) is 0. The van der Waals surface area contributed by atoms with E-state index >= 15 is 0 Å². The van der Waals surface area contributed by atoms with Gasteiger partial charge in [-0.2, -0.15) is 0 Å². The molecule has 0 bridgehead atoms. The van der Waals surface area contributed by atoms with E-state index in [2.05, 4.69) is 50.2 Å². The van der Waals surface area contributed by atoms with Crippen LogP contribution in [0.5, 0.6) is 0 Å². The monoisotopic (exact) mass is 300 g/mol. The van der Waals surface area contributed by atoms with Crippen molar-refractivity contribution in [3.05, 3.63) is 83.4 Å². The van der Waals surface area contributed by atoms with Crippen LogP contribution in [-0.2, 0) is 0 Å². The maximum Gasteiger partial charge on any atom is 0.161 e. The fourth-order valence-electron chi connectivity index (χ4n) is 3.04. The minimum Gasteiger partial charge on any atom is -0.294 e. The quantitative estimate of drug-likeness (QED) is 0.555. The highest BCUT2D eigenvalue weighted by molar-refractivity contribution is 6.06. The topological polar surface area (TPSA) is 17.1 Å². The Balaban J connectivity index is 2.27. The van der Waals surface area contributed by atoms with Crippen LogP contribution >= 0.6 is 0 Å². The zero-order valence-electron chi connectivity index (χ0n) is 13.8. The largest absolute Gasteiger partial charge is 0.294 e. The van der Waals surface area contributed by atoms with Gasteiger partial charge in [-0.3, -0.25) is 4.79 Å². The lowest BCUT2D eigenvalue weighted by atomic mass is 9.89. The predicted octanol–water partition coefficient (Wildman–Crippen LogP) is 5.84. The van der Waals surface area contributed by atoms with Crippen molar-refractivity contribution in [2.45, 2.75) is 20.8 Å². The highest BCUT2D eigenvalue weighted by atomic mass is 16.1. The summed E-state index contributed by atoms with van der Waals surface area (Å²) in [4.78, 5) is 12.4. The summed E-state index contributed by atoms with van der Waals surface area (Å²) >= 11 is 0. The molecule has 0 aliphatic carbocycles. The second-order valence-corrected chi connectivity index (χ2v) is 6.02. The molecule has 0 amide bonds. The van der Waals surface area contributed by atoms with Crippen molar-refractivity contribution < 1.29 is 4.79 Å². The number of Topliss-reactive ketones (excluding diaryl/α,β-unsaturated/α-hetero) is 1. The van der Waals surface area contributed by atoms with Crippen molar-refractivity contribution in [1.29, 1.82) is 0 Å². The number of benzene rings is 3. The summed E-state index contributed by atoms with van der Waals surface area (Å²) in [6.45, 7) is 5.79. The van der Waals surface area contributed by atoms with Gasteiger partial charge in [-0.25, -0.2) is 0 Å². The van der Waals surface area contributed by atoms with E-state index in [0.717, 1.165) is 27.8 Å². The number of ketones is 1. The summed E-state index contributed by atoms with van der Waals surface area (Å²) in [5.74, 6) is 0.0959. The Morgan fingerprint density at radius 3 is 1.52 bits per heavy atom. The van der Waals surface area contributed by atoms with E-state index in [4.69, 9.17) is 0 Å². The second kappa shape index (κ2) is 6.21. The van der Waals surface area contributed by atoms with Gasteiger partial charge < -0.3 is 0 Å². The number of hydrogen-bond donors (Lipinski definition) is 0. The van der Waals surface area contributed by atoms with E-state index in [1.54, 1.807) is 6.92 Å². The Morgan fingerprint density at radius 2 is 1.13 bits per heavy atom. The molecule has 0 aliphatic rings. The third-order valence-corrected chi connectivity index (χ3v) is 4.07. The highest BCUT2D eigenvalue weighted by Gasteiger charge is 2.15. The van der Waals surface area contributed by atoms with Crippen LogP contribution in [0, 0.1) is 13.8 Å². The Bertz CT molecular complexity index is 811. The second-order valence-electron chi connectivity index (χ2n) is 6.02. The van der Waals surface area contributed by atoms with Gasteiger partial charge in [0.15, 0.2) is 5.78 Å². The van der Waals surface area contributed by atoms with E-state index in [1.807, 2.05) is 30.3 Å². The third-order valence-electron chi connectivity index (χ3n) is 4.07. The predicted molar refractivity (Wildman–Crippen MR) is 96.8 cm³/mol. The number of carbonyl (C=O) groups excluding carboxylic acids is 1. The highest BCUT2D eigenvalue weighted by Crippen LogP contribution is 2.33. The van der Waals surface area contributed by atoms with E-state index in [1.165, 1.54) is 11.1 Å². The first-order valence-corrected chi connectivity index (χ1v) is 7.84. The molecule has 0 unspecified atom stereocenters. The van der Waals surface area contributed by atoms with Crippen LogP contribution < -0.4 is 0 Å². The maximum atomic E-state index is 12.4. The lowest BCUT2D eigenvalue weighted by Gasteiger charge is -2.14. The Hall–Kier alpha value is -2.67. The van der Waals surface area contributed by atoms with Crippen LogP contribution in [0.4, 0.5) is 0 Å². The van der Waals surface area contributed by atoms with Crippen LogP contribution in [0.25, 0.3) is 22.3 Å². The van der Waals surface area contributed by atoms with Crippen LogP contribution in [0.1, 0.15) is 28.4 Å². The van der Waals surface area contributed by atoms with Crippen molar-refractivity contribution in [3.8, 4) is 22.3 Å². The Morgan fingerprint density at radius 1 is 0.696 bits per heavy atom. The first-order chi connectivity index (χ1) is 11.1. The fraction of sp³-hybridized carbons (Fsp3) is 0.136. The van der Waals surface area contributed by atoms with Crippen LogP contribution in [0.3, 0.4) is 0 Å². The van der Waals surface area contributed by atoms with Gasteiger partial charge in [0, 0.05) is 5.56 Å². The summed E-state index contributed by atoms with van der Waals surface area (Å²) < 4.78 is 0. The van der Waals surface area contributed by atoms with Gasteiger partial charge in [0.2, 0.25) is 0 Å². The first-order valence-electron chi connectivity index (χ1n) is 7.84. The molecular formula is C22H20O. The lowest BCUT2D eigenvalue weighted by Crippen LogP contribution is -2.00. The minimum absolute atomic E-state index is 0.0959. The molecule has 0 fully saturated rings. The number of rotatable bonds is 3. The zero-order chi connectivity index (χ0) is 16.4. The molecule has 0 heterocycles. The number of carbonyl (C=O) groups is 1. The molecule has 1 heteroatoms. The van der Waals surface area contributed by atoms with Crippen molar-refractivity contribution >= 4 is 5.78 Å². The standard InChI is InChI=1S/C22H20O/c1-15-7-4-9-18(13-15)20-11-6-12-21(22(20)17(3)23)19-10-5-8-16(2)14-19/h4-14H,1-3H3.